The van der Waals surface area contributed by atoms with Crippen LogP contribution in [0.25, 0.3) is 0 Å². The first-order chi connectivity index (χ1) is 6.86. The molecular formula is C12H24N2. The smallest absolute Gasteiger partial charge is 0.0252 e. The van der Waals surface area contributed by atoms with Gasteiger partial charge in [-0.05, 0) is 25.9 Å². The zero-order valence-electron chi connectivity index (χ0n) is 9.71. The summed E-state index contributed by atoms with van der Waals surface area (Å²) >= 11 is 0. The average molecular weight is 196 g/mol. The van der Waals surface area contributed by atoms with Gasteiger partial charge < -0.3 is 0 Å². The lowest BCUT2D eigenvalue weighted by Gasteiger charge is -2.49. The second kappa shape index (κ2) is 4.63. The Labute approximate surface area is 88.3 Å². The maximum absolute atomic E-state index is 2.70. The van der Waals surface area contributed by atoms with Gasteiger partial charge in [0.2, 0.25) is 0 Å². The van der Waals surface area contributed by atoms with Crippen molar-refractivity contribution in [2.75, 3.05) is 26.2 Å². The van der Waals surface area contributed by atoms with Gasteiger partial charge in [0.15, 0.2) is 0 Å². The molecule has 0 aromatic carbocycles. The molecule has 2 atom stereocenters. The first kappa shape index (κ1) is 10.4. The van der Waals surface area contributed by atoms with Crippen LogP contribution in [0.4, 0.5) is 0 Å². The molecule has 2 aliphatic rings. The predicted molar refractivity (Wildman–Crippen MR) is 60.5 cm³/mol. The summed E-state index contributed by atoms with van der Waals surface area (Å²) < 4.78 is 0. The highest BCUT2D eigenvalue weighted by molar-refractivity contribution is 4.93. The first-order valence-electron chi connectivity index (χ1n) is 6.35. The molecule has 1 aliphatic heterocycles. The molecule has 1 saturated carbocycles. The predicted octanol–water partition coefficient (Wildman–Crippen LogP) is 1.95. The molecule has 14 heavy (non-hydrogen) atoms. The maximum Gasteiger partial charge on any atom is 0.0252 e. The Kier molecular flexibility index (Phi) is 3.45. The maximum atomic E-state index is 2.70. The third-order valence-corrected chi connectivity index (χ3v) is 4.12. The standard InChI is InChI=1S/C12H24N2/c1-3-13-9-10-14(4-2)12-8-6-5-7-11(12)13/h11-12H,3-10H2,1-2H3/t11-,12?/m1/s1. The topological polar surface area (TPSA) is 6.48 Å². The summed E-state index contributed by atoms with van der Waals surface area (Å²) in [6.07, 6.45) is 5.79. The van der Waals surface area contributed by atoms with Crippen LogP contribution in [0, 0.1) is 0 Å². The Bertz CT molecular complexity index is 161. The van der Waals surface area contributed by atoms with E-state index in [2.05, 4.69) is 23.6 Å². The Hall–Kier alpha value is -0.0800. The van der Waals surface area contributed by atoms with E-state index >= 15 is 0 Å². The van der Waals surface area contributed by atoms with Crippen LogP contribution in [0.15, 0.2) is 0 Å². The number of piperazine rings is 1. The number of nitrogens with zero attached hydrogens (tertiary/aromatic N) is 2. The van der Waals surface area contributed by atoms with Gasteiger partial charge in [-0.25, -0.2) is 0 Å². The Morgan fingerprint density at radius 2 is 1.29 bits per heavy atom. The van der Waals surface area contributed by atoms with Gasteiger partial charge in [-0.1, -0.05) is 26.7 Å². The molecule has 2 rings (SSSR count). The number of hydrogen-bond donors (Lipinski definition) is 0. The minimum atomic E-state index is 0.877. The fourth-order valence-electron chi connectivity index (χ4n) is 3.32. The van der Waals surface area contributed by atoms with Gasteiger partial charge in [0, 0.05) is 25.2 Å². The van der Waals surface area contributed by atoms with Gasteiger partial charge in [-0.15, -0.1) is 0 Å². The largest absolute Gasteiger partial charge is 0.298 e. The van der Waals surface area contributed by atoms with Crippen molar-refractivity contribution in [1.82, 2.24) is 9.80 Å². The summed E-state index contributed by atoms with van der Waals surface area (Å²) in [6.45, 7) is 9.72. The van der Waals surface area contributed by atoms with Crippen LogP contribution in [0.1, 0.15) is 39.5 Å². The van der Waals surface area contributed by atoms with Gasteiger partial charge in [0.1, 0.15) is 0 Å². The van der Waals surface area contributed by atoms with Crippen LogP contribution in [0.2, 0.25) is 0 Å². The van der Waals surface area contributed by atoms with E-state index in [9.17, 15) is 0 Å². The lowest BCUT2D eigenvalue weighted by Crippen LogP contribution is -2.60. The molecule has 0 amide bonds. The molecule has 0 radical (unpaired) electrons. The van der Waals surface area contributed by atoms with E-state index in [1.165, 1.54) is 51.9 Å². The molecule has 0 N–H and O–H groups in total. The van der Waals surface area contributed by atoms with Gasteiger partial charge in [0.05, 0.1) is 0 Å². The highest BCUT2D eigenvalue weighted by atomic mass is 15.3. The van der Waals surface area contributed by atoms with Crippen molar-refractivity contribution in [3.63, 3.8) is 0 Å². The summed E-state index contributed by atoms with van der Waals surface area (Å²) in [7, 11) is 0. The van der Waals surface area contributed by atoms with Crippen molar-refractivity contribution < 1.29 is 0 Å². The van der Waals surface area contributed by atoms with Crippen molar-refractivity contribution in [1.29, 1.82) is 0 Å². The van der Waals surface area contributed by atoms with Crippen molar-refractivity contribution in [3.8, 4) is 0 Å². The number of fused-ring (bicyclic) bond motifs is 1. The van der Waals surface area contributed by atoms with E-state index in [0.29, 0.717) is 0 Å². The van der Waals surface area contributed by atoms with Gasteiger partial charge in [-0.2, -0.15) is 0 Å². The zero-order valence-corrected chi connectivity index (χ0v) is 9.71. The SMILES string of the molecule is CCN1CCN(CC)[C@@H]2CCCCC21. The van der Waals surface area contributed by atoms with E-state index in [1.54, 1.807) is 0 Å². The van der Waals surface area contributed by atoms with E-state index in [-0.39, 0.29) is 0 Å². The number of likely N-dealkylation sites (N-methyl/N-ethyl adjacent to an activating group) is 2. The van der Waals surface area contributed by atoms with E-state index in [0.717, 1.165) is 12.1 Å². The molecule has 2 heteroatoms. The normalized spacial score (nSPS) is 35.6. The number of rotatable bonds is 2. The molecule has 1 unspecified atom stereocenters. The van der Waals surface area contributed by atoms with E-state index in [1.807, 2.05) is 0 Å². The second-order valence-corrected chi connectivity index (χ2v) is 4.68. The van der Waals surface area contributed by atoms with Crippen molar-refractivity contribution in [2.45, 2.75) is 51.6 Å². The summed E-state index contributed by atoms with van der Waals surface area (Å²) in [5.41, 5.74) is 0. The lowest BCUT2D eigenvalue weighted by atomic mass is 9.86. The minimum Gasteiger partial charge on any atom is -0.298 e. The van der Waals surface area contributed by atoms with Crippen LogP contribution in [-0.4, -0.2) is 48.1 Å². The summed E-state index contributed by atoms with van der Waals surface area (Å²) in [5, 5.41) is 0. The highest BCUT2D eigenvalue weighted by Gasteiger charge is 2.36. The van der Waals surface area contributed by atoms with E-state index < -0.39 is 0 Å². The fraction of sp³-hybridized carbons (Fsp3) is 1.00. The van der Waals surface area contributed by atoms with Crippen LogP contribution in [-0.2, 0) is 0 Å². The molecule has 1 heterocycles. The van der Waals surface area contributed by atoms with E-state index in [4.69, 9.17) is 0 Å². The quantitative estimate of drug-likeness (QED) is 0.666. The zero-order chi connectivity index (χ0) is 9.97. The van der Waals surface area contributed by atoms with Crippen molar-refractivity contribution in [3.05, 3.63) is 0 Å². The van der Waals surface area contributed by atoms with Crippen LogP contribution in [0.5, 0.6) is 0 Å². The third kappa shape index (κ3) is 1.82. The lowest BCUT2D eigenvalue weighted by molar-refractivity contribution is 0.00177. The minimum absolute atomic E-state index is 0.877. The molecule has 0 aromatic heterocycles. The summed E-state index contributed by atoms with van der Waals surface area (Å²) in [6, 6.07) is 1.75. The van der Waals surface area contributed by atoms with Crippen molar-refractivity contribution >= 4 is 0 Å². The average Bonchev–Trinajstić information content (AvgIpc) is 2.27. The molecule has 1 saturated heterocycles. The summed E-state index contributed by atoms with van der Waals surface area (Å²) in [4.78, 5) is 5.41. The molecule has 0 aromatic rings. The van der Waals surface area contributed by atoms with Gasteiger partial charge in [-0.3, -0.25) is 9.80 Å². The van der Waals surface area contributed by atoms with Crippen LogP contribution >= 0.6 is 0 Å². The molecule has 0 spiro atoms. The molecular weight excluding hydrogens is 172 g/mol. The van der Waals surface area contributed by atoms with Crippen molar-refractivity contribution in [2.24, 2.45) is 0 Å². The molecule has 0 bridgehead atoms. The Morgan fingerprint density at radius 1 is 0.857 bits per heavy atom. The molecule has 82 valence electrons. The first-order valence-corrected chi connectivity index (χ1v) is 6.35. The highest BCUT2D eigenvalue weighted by Crippen LogP contribution is 2.29. The van der Waals surface area contributed by atoms with Crippen LogP contribution in [0.3, 0.4) is 0 Å². The summed E-state index contributed by atoms with van der Waals surface area (Å²) in [5.74, 6) is 0. The number of hydrogen-bond acceptors (Lipinski definition) is 2. The van der Waals surface area contributed by atoms with Crippen LogP contribution < -0.4 is 0 Å². The molecule has 1 aliphatic carbocycles. The third-order valence-electron chi connectivity index (χ3n) is 4.12. The second-order valence-electron chi connectivity index (χ2n) is 4.68. The Balaban J connectivity index is 2.05. The molecule has 2 nitrogen and oxygen atoms in total. The Morgan fingerprint density at radius 3 is 1.64 bits per heavy atom. The van der Waals surface area contributed by atoms with Gasteiger partial charge >= 0.3 is 0 Å². The van der Waals surface area contributed by atoms with Gasteiger partial charge in [0.25, 0.3) is 0 Å². The fourth-order valence-corrected chi connectivity index (χ4v) is 3.32. The monoisotopic (exact) mass is 196 g/mol. The molecule has 2 fully saturated rings.